The first-order valence-electron chi connectivity index (χ1n) is 16.8. The van der Waals surface area contributed by atoms with E-state index in [1.54, 1.807) is 11.3 Å². The molecule has 7 rings (SSSR count). The zero-order chi connectivity index (χ0) is 35.0. The van der Waals surface area contributed by atoms with Crippen molar-refractivity contribution in [1.82, 2.24) is 9.97 Å². The van der Waals surface area contributed by atoms with Crippen molar-refractivity contribution in [3.63, 3.8) is 0 Å². The van der Waals surface area contributed by atoms with Crippen molar-refractivity contribution < 1.29 is 25.9 Å². The second-order valence-corrected chi connectivity index (χ2v) is 31.3. The standard InChI is InChI=1S/C28H25FGeNS.C14H16NSi.Ir/c1-18(30(2,3)4)20-14-15-31-26(16-20)25-7-5-6-24-23-13-10-21(17-27(23)32-28(24)25)19-8-11-22(29)12-9-19;1-16(2,3)13-9-10-14(15-11-13)12-7-5-4-6-8-12;/h5-6,8-18H,1-4H3;4-7,9-11H,1-3H3;/q2*-1;/i18D;;. The van der Waals surface area contributed by atoms with Crippen molar-refractivity contribution in [3.05, 3.63) is 139 Å². The summed E-state index contributed by atoms with van der Waals surface area (Å²) < 4.78 is 24.2. The van der Waals surface area contributed by atoms with Crippen LogP contribution in [0.5, 0.6) is 0 Å². The summed E-state index contributed by atoms with van der Waals surface area (Å²) in [7, 11) is -1.23. The minimum Gasteiger partial charge on any atom is 0 e. The fourth-order valence-electron chi connectivity index (χ4n) is 5.54. The molecule has 7 heteroatoms. The molecule has 0 fully saturated rings. The van der Waals surface area contributed by atoms with Gasteiger partial charge in [0, 0.05) is 26.3 Å². The Bertz CT molecular complexity index is 2230. The number of aromatic nitrogens is 2. The number of hydrogen-bond acceptors (Lipinski definition) is 3. The molecule has 3 aromatic heterocycles. The molecule has 0 spiro atoms. The minimum atomic E-state index is -2.31. The first-order chi connectivity index (χ1) is 23.2. The quantitative estimate of drug-likeness (QED) is 0.123. The molecule has 0 bridgehead atoms. The van der Waals surface area contributed by atoms with Gasteiger partial charge in [0.15, 0.2) is 0 Å². The van der Waals surface area contributed by atoms with Crippen molar-refractivity contribution in [3.8, 4) is 33.6 Å². The summed E-state index contributed by atoms with van der Waals surface area (Å²) in [6, 6.07) is 40.1. The van der Waals surface area contributed by atoms with E-state index in [-0.39, 0.29) is 25.9 Å². The number of nitrogens with zero attached hydrogens (tertiary/aromatic N) is 2. The van der Waals surface area contributed by atoms with Crippen LogP contribution in [-0.2, 0) is 20.1 Å². The van der Waals surface area contributed by atoms with E-state index < -0.39 is 26.1 Å². The van der Waals surface area contributed by atoms with Crippen LogP contribution in [0.15, 0.2) is 116 Å². The van der Waals surface area contributed by atoms with Crippen molar-refractivity contribution in [2.75, 3.05) is 0 Å². The molecule has 0 N–H and O–H groups in total. The average molecular weight is 919 g/mol. The van der Waals surface area contributed by atoms with E-state index in [0.29, 0.717) is 0 Å². The summed E-state index contributed by atoms with van der Waals surface area (Å²) in [6.07, 6.45) is 3.85. The first-order valence-corrected chi connectivity index (χ1v) is 27.9. The molecular formula is C42H41FGeIrN2SSi-2. The maximum atomic E-state index is 13.4. The second kappa shape index (κ2) is 15.3. The van der Waals surface area contributed by atoms with Crippen LogP contribution in [0.4, 0.5) is 4.39 Å². The molecular weight excluding hydrogens is 876 g/mol. The summed E-state index contributed by atoms with van der Waals surface area (Å²) in [5.41, 5.74) is 7.02. The number of halogens is 1. The Morgan fingerprint density at radius 2 is 1.55 bits per heavy atom. The van der Waals surface area contributed by atoms with Crippen LogP contribution in [0.25, 0.3) is 53.8 Å². The Hall–Kier alpha value is -3.26. The van der Waals surface area contributed by atoms with E-state index in [0.717, 1.165) is 43.9 Å². The first kappa shape index (κ1) is 35.6. The molecule has 0 aliphatic heterocycles. The summed E-state index contributed by atoms with van der Waals surface area (Å²) in [4.78, 5) is 9.20. The molecule has 49 heavy (non-hydrogen) atoms. The molecule has 0 saturated carbocycles. The molecule has 1 unspecified atom stereocenters. The molecule has 0 aliphatic rings. The molecule has 0 aliphatic carbocycles. The van der Waals surface area contributed by atoms with Gasteiger partial charge in [0.25, 0.3) is 0 Å². The van der Waals surface area contributed by atoms with Crippen molar-refractivity contribution >= 4 is 58.0 Å². The van der Waals surface area contributed by atoms with Gasteiger partial charge in [-0.1, -0.05) is 31.8 Å². The third kappa shape index (κ3) is 8.55. The van der Waals surface area contributed by atoms with Crippen LogP contribution in [0.1, 0.15) is 18.6 Å². The van der Waals surface area contributed by atoms with Crippen molar-refractivity contribution in [1.29, 1.82) is 0 Å². The van der Waals surface area contributed by atoms with E-state index in [9.17, 15) is 4.39 Å². The molecule has 7 aromatic rings. The van der Waals surface area contributed by atoms with Gasteiger partial charge < -0.3 is 4.98 Å². The van der Waals surface area contributed by atoms with Crippen LogP contribution in [0.2, 0.25) is 36.9 Å². The number of benzene rings is 4. The Kier molecular flexibility index (Phi) is 11.1. The molecule has 0 amide bonds. The van der Waals surface area contributed by atoms with Crippen LogP contribution in [0.3, 0.4) is 0 Å². The molecule has 1 radical (unpaired) electrons. The van der Waals surface area contributed by atoms with Gasteiger partial charge in [-0.15, -0.1) is 35.9 Å². The fourth-order valence-corrected chi connectivity index (χ4v) is 9.96. The minimum absolute atomic E-state index is 0. The predicted molar refractivity (Wildman–Crippen MR) is 210 cm³/mol. The van der Waals surface area contributed by atoms with E-state index in [2.05, 4.69) is 101 Å². The Balaban J connectivity index is 0.000000241. The Morgan fingerprint density at radius 1 is 0.796 bits per heavy atom. The van der Waals surface area contributed by atoms with Crippen LogP contribution in [-0.4, -0.2) is 31.3 Å². The number of hydrogen-bond donors (Lipinski definition) is 0. The van der Waals surface area contributed by atoms with Crippen LogP contribution >= 0.6 is 11.3 Å². The zero-order valence-corrected chi connectivity index (χ0v) is 35.3. The van der Waals surface area contributed by atoms with E-state index in [1.807, 2.05) is 67.8 Å². The molecule has 251 valence electrons. The summed E-state index contributed by atoms with van der Waals surface area (Å²) in [5, 5.41) is 3.78. The molecule has 0 saturated heterocycles. The number of fused-ring (bicyclic) bond motifs is 3. The van der Waals surface area contributed by atoms with Gasteiger partial charge in [0.05, 0.1) is 8.07 Å². The third-order valence-corrected chi connectivity index (χ3v) is 17.3. The fraction of sp³-hybridized carbons (Fsp3) is 0.190. The molecule has 2 nitrogen and oxygen atoms in total. The summed E-state index contributed by atoms with van der Waals surface area (Å²) >= 11 is -0.573. The zero-order valence-electron chi connectivity index (χ0n) is 30.0. The maximum absolute atomic E-state index is 13.4. The number of rotatable bonds is 6. The van der Waals surface area contributed by atoms with Gasteiger partial charge in [-0.3, -0.25) is 0 Å². The van der Waals surface area contributed by atoms with Gasteiger partial charge in [0.2, 0.25) is 0 Å². The predicted octanol–water partition coefficient (Wildman–Crippen LogP) is 11.8. The Labute approximate surface area is 313 Å². The van der Waals surface area contributed by atoms with Gasteiger partial charge in [-0.2, -0.15) is 0 Å². The average Bonchev–Trinajstić information content (AvgIpc) is 3.47. The van der Waals surface area contributed by atoms with Crippen molar-refractivity contribution in [2.45, 2.75) is 48.6 Å². The van der Waals surface area contributed by atoms with Gasteiger partial charge in [-0.25, -0.2) is 4.39 Å². The maximum Gasteiger partial charge on any atom is 0 e. The summed E-state index contributed by atoms with van der Waals surface area (Å²) in [5.74, 6) is 6.62. The normalized spacial score (nSPS) is 13.2. The Morgan fingerprint density at radius 3 is 2.20 bits per heavy atom. The van der Waals surface area contributed by atoms with E-state index in [1.165, 1.54) is 32.8 Å². The smallest absolute Gasteiger partial charge is 0 e. The van der Waals surface area contributed by atoms with E-state index >= 15 is 0 Å². The monoisotopic (exact) mass is 920 g/mol. The molecule has 3 heterocycles. The summed E-state index contributed by atoms with van der Waals surface area (Å²) in [6.45, 7) is 9.04. The van der Waals surface area contributed by atoms with Gasteiger partial charge >= 0.3 is 175 Å². The third-order valence-electron chi connectivity index (χ3n) is 8.80. The SMILES string of the molecule is C[Si](C)(C)c1ccc(-c2[c-]cccc2)nc1.[2H][C](C)(c1ccnc(-c2[c-]ccc3c2sc2cc(-c4ccc(F)cc4)ccc23)c1)[Ge]([CH3])([CH3])[CH3].[Ir]. The van der Waals surface area contributed by atoms with Crippen molar-refractivity contribution in [2.24, 2.45) is 0 Å². The molecule has 4 aromatic carbocycles. The van der Waals surface area contributed by atoms with Gasteiger partial charge in [-0.05, 0) is 23.0 Å². The van der Waals surface area contributed by atoms with E-state index in [4.69, 9.17) is 1.37 Å². The van der Waals surface area contributed by atoms with Gasteiger partial charge in [0.1, 0.15) is 5.82 Å². The number of pyridine rings is 2. The largest absolute Gasteiger partial charge is 0 e. The topological polar surface area (TPSA) is 25.8 Å². The molecule has 1 atom stereocenters. The van der Waals surface area contributed by atoms with Crippen LogP contribution in [0, 0.1) is 17.9 Å². The number of thiophene rings is 1. The van der Waals surface area contributed by atoms with Crippen LogP contribution < -0.4 is 5.19 Å². The second-order valence-electron chi connectivity index (χ2n) is 14.2.